The zero-order valence-corrected chi connectivity index (χ0v) is 10.4. The summed E-state index contributed by atoms with van der Waals surface area (Å²) in [6.45, 7) is 13.0. The van der Waals surface area contributed by atoms with Crippen LogP contribution in [0.25, 0.3) is 0 Å². The molecule has 1 saturated heterocycles. The van der Waals surface area contributed by atoms with Crippen LogP contribution < -0.4 is 0 Å². The van der Waals surface area contributed by atoms with E-state index in [1.165, 1.54) is 32.6 Å². The number of hydrogen-bond acceptors (Lipinski definition) is 2. The number of nitrogens with zero attached hydrogens (tertiary/aromatic N) is 2. The highest BCUT2D eigenvalue weighted by molar-refractivity contribution is 4.62. The fourth-order valence-electron chi connectivity index (χ4n) is 1.18. The topological polar surface area (TPSA) is 6.48 Å². The number of hydrogen-bond donors (Lipinski definition) is 0. The van der Waals surface area contributed by atoms with Crippen molar-refractivity contribution in [2.75, 3.05) is 40.3 Å². The molecule has 13 heavy (non-hydrogen) atoms. The third-order valence-electron chi connectivity index (χ3n) is 1.94. The summed E-state index contributed by atoms with van der Waals surface area (Å²) < 4.78 is 0. The first-order chi connectivity index (χ1) is 6.29. The van der Waals surface area contributed by atoms with Crippen LogP contribution in [0.1, 0.15) is 34.1 Å². The molecule has 1 heterocycles. The lowest BCUT2D eigenvalue weighted by Crippen LogP contribution is -2.25. The lowest BCUT2D eigenvalue weighted by Gasteiger charge is -2.13. The van der Waals surface area contributed by atoms with Crippen molar-refractivity contribution in [3.05, 3.63) is 0 Å². The molecule has 2 heteroatoms. The Morgan fingerprint density at radius 2 is 0.923 bits per heavy atom. The Bertz CT molecular complexity index is 74.2. The van der Waals surface area contributed by atoms with Crippen LogP contribution in [0.5, 0.6) is 0 Å². The maximum atomic E-state index is 2.39. The first-order valence-electron chi connectivity index (χ1n) is 5.66. The maximum Gasteiger partial charge on any atom is 0.0106 e. The normalized spacial score (nSPS) is 18.9. The summed E-state index contributed by atoms with van der Waals surface area (Å²) in [5.74, 6) is 0. The van der Waals surface area contributed by atoms with Crippen LogP contribution in [0.15, 0.2) is 0 Å². The summed E-state index contributed by atoms with van der Waals surface area (Å²) in [4.78, 5) is 4.78. The van der Waals surface area contributed by atoms with Crippen LogP contribution in [0.2, 0.25) is 0 Å². The van der Waals surface area contributed by atoms with E-state index in [1.807, 2.05) is 27.7 Å². The molecule has 0 N–H and O–H groups in total. The fourth-order valence-corrected chi connectivity index (χ4v) is 1.18. The smallest absolute Gasteiger partial charge is 0.0106 e. The van der Waals surface area contributed by atoms with Gasteiger partial charge in [-0.25, -0.2) is 0 Å². The average Bonchev–Trinajstić information content (AvgIpc) is 2.38. The van der Waals surface area contributed by atoms with Crippen LogP contribution in [0.3, 0.4) is 0 Å². The second-order valence-corrected chi connectivity index (χ2v) is 2.96. The van der Waals surface area contributed by atoms with E-state index in [9.17, 15) is 0 Å². The second-order valence-electron chi connectivity index (χ2n) is 2.96. The van der Waals surface area contributed by atoms with Gasteiger partial charge < -0.3 is 9.80 Å². The van der Waals surface area contributed by atoms with Gasteiger partial charge in [-0.2, -0.15) is 0 Å². The van der Waals surface area contributed by atoms with Crippen molar-refractivity contribution >= 4 is 0 Å². The van der Waals surface area contributed by atoms with Crippen molar-refractivity contribution in [1.29, 1.82) is 0 Å². The highest BCUT2D eigenvalue weighted by atomic mass is 15.2. The monoisotopic (exact) mass is 188 g/mol. The molecule has 0 amide bonds. The van der Waals surface area contributed by atoms with Gasteiger partial charge in [-0.05, 0) is 33.6 Å². The number of rotatable bonds is 0. The Hall–Kier alpha value is -0.0800. The molecular weight excluding hydrogens is 160 g/mol. The maximum absolute atomic E-state index is 2.39. The van der Waals surface area contributed by atoms with Gasteiger partial charge in [0, 0.05) is 13.1 Å². The summed E-state index contributed by atoms with van der Waals surface area (Å²) in [7, 11) is 4.39. The van der Waals surface area contributed by atoms with E-state index < -0.39 is 0 Å². The highest BCUT2D eigenvalue weighted by Crippen LogP contribution is 1.96. The molecule has 0 bridgehead atoms. The lowest BCUT2D eigenvalue weighted by atomic mass is 10.4. The van der Waals surface area contributed by atoms with Crippen LogP contribution in [-0.4, -0.2) is 50.1 Å². The summed E-state index contributed by atoms with van der Waals surface area (Å²) in [6, 6.07) is 0. The van der Waals surface area contributed by atoms with Crippen molar-refractivity contribution in [2.45, 2.75) is 34.1 Å². The molecule has 1 fully saturated rings. The van der Waals surface area contributed by atoms with Crippen molar-refractivity contribution in [3.8, 4) is 0 Å². The molecule has 2 nitrogen and oxygen atoms in total. The molecule has 1 aliphatic rings. The molecule has 0 unspecified atom stereocenters. The second kappa shape index (κ2) is 11.9. The minimum absolute atomic E-state index is 1.23. The highest BCUT2D eigenvalue weighted by Gasteiger charge is 2.06. The van der Waals surface area contributed by atoms with Gasteiger partial charge in [0.25, 0.3) is 0 Å². The average molecular weight is 188 g/mol. The fraction of sp³-hybridized carbons (Fsp3) is 1.00. The Balaban J connectivity index is 0. The molecule has 0 aromatic rings. The molecule has 1 rings (SSSR count). The van der Waals surface area contributed by atoms with Crippen molar-refractivity contribution in [2.24, 2.45) is 0 Å². The van der Waals surface area contributed by atoms with Crippen molar-refractivity contribution in [3.63, 3.8) is 0 Å². The quantitative estimate of drug-likeness (QED) is 0.575. The molecule has 82 valence electrons. The predicted molar refractivity (Wildman–Crippen MR) is 62.3 cm³/mol. The Kier molecular flexibility index (Phi) is 14.1. The van der Waals surface area contributed by atoms with Crippen LogP contribution >= 0.6 is 0 Å². The molecule has 0 aromatic heterocycles. The summed E-state index contributed by atoms with van der Waals surface area (Å²) in [5.41, 5.74) is 0. The van der Waals surface area contributed by atoms with E-state index in [-0.39, 0.29) is 0 Å². The third kappa shape index (κ3) is 9.84. The van der Waals surface area contributed by atoms with Gasteiger partial charge in [0.2, 0.25) is 0 Å². The zero-order valence-electron chi connectivity index (χ0n) is 10.4. The largest absolute Gasteiger partial charge is 0.305 e. The van der Waals surface area contributed by atoms with E-state index >= 15 is 0 Å². The van der Waals surface area contributed by atoms with E-state index in [0.717, 1.165) is 0 Å². The Morgan fingerprint density at radius 1 is 0.615 bits per heavy atom. The zero-order chi connectivity index (χ0) is 10.7. The van der Waals surface area contributed by atoms with E-state index in [4.69, 9.17) is 0 Å². The minimum atomic E-state index is 1.23. The van der Waals surface area contributed by atoms with E-state index in [0.29, 0.717) is 0 Å². The third-order valence-corrected chi connectivity index (χ3v) is 1.94. The molecule has 1 aliphatic heterocycles. The van der Waals surface area contributed by atoms with Crippen LogP contribution in [-0.2, 0) is 0 Å². The molecule has 0 atom stereocenters. The molecule has 0 saturated carbocycles. The van der Waals surface area contributed by atoms with Gasteiger partial charge in [0.1, 0.15) is 0 Å². The first-order valence-corrected chi connectivity index (χ1v) is 5.66. The number of likely N-dealkylation sites (N-methyl/N-ethyl adjacent to an activating group) is 2. The summed E-state index contributed by atoms with van der Waals surface area (Å²) >= 11 is 0. The first kappa shape index (κ1) is 15.4. The SMILES string of the molecule is CC.CC.CN1CCCN(C)CC1. The van der Waals surface area contributed by atoms with Gasteiger partial charge in [0.15, 0.2) is 0 Å². The van der Waals surface area contributed by atoms with Crippen molar-refractivity contribution < 1.29 is 0 Å². The van der Waals surface area contributed by atoms with Crippen LogP contribution in [0.4, 0.5) is 0 Å². The van der Waals surface area contributed by atoms with Gasteiger partial charge in [-0.15, -0.1) is 0 Å². The lowest BCUT2D eigenvalue weighted by molar-refractivity contribution is 0.320. The molecular formula is C11H28N2. The molecule has 0 aromatic carbocycles. The summed E-state index contributed by atoms with van der Waals surface area (Å²) in [6.07, 6.45) is 1.33. The van der Waals surface area contributed by atoms with Crippen LogP contribution in [0, 0.1) is 0 Å². The Morgan fingerprint density at radius 3 is 1.23 bits per heavy atom. The molecule has 0 aliphatic carbocycles. The van der Waals surface area contributed by atoms with E-state index in [1.54, 1.807) is 0 Å². The van der Waals surface area contributed by atoms with Crippen molar-refractivity contribution in [1.82, 2.24) is 9.80 Å². The summed E-state index contributed by atoms with van der Waals surface area (Å²) in [5, 5.41) is 0. The van der Waals surface area contributed by atoms with Gasteiger partial charge in [-0.3, -0.25) is 0 Å². The molecule has 0 radical (unpaired) electrons. The van der Waals surface area contributed by atoms with E-state index in [2.05, 4.69) is 23.9 Å². The molecule has 0 spiro atoms. The standard InChI is InChI=1S/C7H16N2.2C2H6/c1-8-4-3-5-9(2)7-6-8;2*1-2/h3-7H2,1-2H3;2*1-2H3. The van der Waals surface area contributed by atoms with Gasteiger partial charge in [0.05, 0.1) is 0 Å². The minimum Gasteiger partial charge on any atom is -0.305 e. The Labute approximate surface area is 84.9 Å². The van der Waals surface area contributed by atoms with Gasteiger partial charge in [-0.1, -0.05) is 27.7 Å². The van der Waals surface area contributed by atoms with Gasteiger partial charge >= 0.3 is 0 Å². The predicted octanol–water partition coefficient (Wildman–Crippen LogP) is 2.31.